The van der Waals surface area contributed by atoms with E-state index in [-0.39, 0.29) is 29.2 Å². The highest BCUT2D eigenvalue weighted by atomic mass is 19.1. The summed E-state index contributed by atoms with van der Waals surface area (Å²) in [5, 5.41) is 0. The molecule has 148 valence electrons. The quantitative estimate of drug-likeness (QED) is 0.584. The number of hydrogen-bond acceptors (Lipinski definition) is 3. The van der Waals surface area contributed by atoms with Crippen LogP contribution in [-0.4, -0.2) is 12.0 Å². The van der Waals surface area contributed by atoms with Gasteiger partial charge in [0.05, 0.1) is 5.92 Å². The van der Waals surface area contributed by atoms with Crippen molar-refractivity contribution >= 4 is 5.97 Å². The van der Waals surface area contributed by atoms with E-state index in [1.165, 1.54) is 25.3 Å². The minimum Gasteiger partial charge on any atom is -0.426 e. The lowest BCUT2D eigenvalue weighted by molar-refractivity contribution is -0.140. The lowest BCUT2D eigenvalue weighted by Crippen LogP contribution is -2.53. The van der Waals surface area contributed by atoms with E-state index in [0.717, 1.165) is 56.1 Å². The van der Waals surface area contributed by atoms with Crippen molar-refractivity contribution in [3.8, 4) is 5.75 Å². The second-order valence-electron chi connectivity index (χ2n) is 9.19. The van der Waals surface area contributed by atoms with Crippen LogP contribution in [0.15, 0.2) is 12.1 Å². The highest BCUT2D eigenvalue weighted by molar-refractivity contribution is 5.75. The Morgan fingerprint density at radius 3 is 2.59 bits per heavy atom. The average Bonchev–Trinajstić information content (AvgIpc) is 2.66. The van der Waals surface area contributed by atoms with Crippen molar-refractivity contribution in [2.75, 3.05) is 0 Å². The van der Waals surface area contributed by atoms with Crippen LogP contribution in [0, 0.1) is 17.7 Å². The summed E-state index contributed by atoms with van der Waals surface area (Å²) >= 11 is 0. The Morgan fingerprint density at radius 1 is 1.11 bits per heavy atom. The molecule has 0 saturated heterocycles. The van der Waals surface area contributed by atoms with E-state index in [1.54, 1.807) is 0 Å². The SMILES string of the molecule is C[C@@]12CCCCC[C@@H](Cc3c(F)cc(OC(=O)C4CCCCC4)cc31)[C@@H]2N. The Bertz CT molecular complexity index is 713. The Hall–Kier alpha value is -1.42. The highest BCUT2D eigenvalue weighted by Crippen LogP contribution is 2.47. The van der Waals surface area contributed by atoms with Crippen molar-refractivity contribution < 1.29 is 13.9 Å². The van der Waals surface area contributed by atoms with Crippen molar-refractivity contribution in [2.45, 2.75) is 89.0 Å². The van der Waals surface area contributed by atoms with Crippen LogP contribution < -0.4 is 10.5 Å². The van der Waals surface area contributed by atoms with Crippen LogP contribution in [0.2, 0.25) is 0 Å². The number of carbonyl (C=O) groups excluding carboxylic acids is 1. The molecule has 3 aliphatic carbocycles. The Morgan fingerprint density at radius 2 is 1.81 bits per heavy atom. The lowest BCUT2D eigenvalue weighted by atomic mass is 9.60. The molecule has 3 atom stereocenters. The smallest absolute Gasteiger partial charge is 0.314 e. The van der Waals surface area contributed by atoms with E-state index < -0.39 is 0 Å². The molecule has 2 bridgehead atoms. The standard InChI is InChI=1S/C23H32FNO2/c1-23-11-7-3-6-10-16(21(23)25)12-18-19(23)13-17(14-20(18)24)27-22(26)15-8-4-2-5-9-15/h13-16,21H,2-12,25H2,1H3/t16-,21-,23+/m0/s1. The third-order valence-corrected chi connectivity index (χ3v) is 7.42. The summed E-state index contributed by atoms with van der Waals surface area (Å²) in [7, 11) is 0. The number of benzene rings is 1. The molecule has 3 nitrogen and oxygen atoms in total. The maximum atomic E-state index is 15.0. The second-order valence-corrected chi connectivity index (χ2v) is 9.19. The first-order valence-electron chi connectivity index (χ1n) is 10.8. The Kier molecular flexibility index (Phi) is 5.28. The Balaban J connectivity index is 1.65. The molecule has 4 heteroatoms. The van der Waals surface area contributed by atoms with Gasteiger partial charge in [0.15, 0.2) is 0 Å². The van der Waals surface area contributed by atoms with Gasteiger partial charge in [0.25, 0.3) is 0 Å². The average molecular weight is 374 g/mol. The summed E-state index contributed by atoms with van der Waals surface area (Å²) < 4.78 is 20.7. The number of halogens is 1. The van der Waals surface area contributed by atoms with Crippen LogP contribution in [-0.2, 0) is 16.6 Å². The molecule has 0 amide bonds. The topological polar surface area (TPSA) is 52.3 Å². The zero-order valence-corrected chi connectivity index (χ0v) is 16.4. The van der Waals surface area contributed by atoms with Gasteiger partial charge in [0.2, 0.25) is 0 Å². The fourth-order valence-corrected chi connectivity index (χ4v) is 5.67. The van der Waals surface area contributed by atoms with Crippen LogP contribution in [0.25, 0.3) is 0 Å². The minimum atomic E-state index is -0.243. The zero-order chi connectivity index (χ0) is 19.0. The van der Waals surface area contributed by atoms with Crippen LogP contribution in [0.3, 0.4) is 0 Å². The van der Waals surface area contributed by atoms with Gasteiger partial charge in [-0.3, -0.25) is 4.79 Å². The van der Waals surface area contributed by atoms with E-state index in [0.29, 0.717) is 18.1 Å². The molecule has 4 rings (SSSR count). The molecule has 27 heavy (non-hydrogen) atoms. The number of rotatable bonds is 2. The van der Waals surface area contributed by atoms with E-state index in [9.17, 15) is 4.79 Å². The van der Waals surface area contributed by atoms with Gasteiger partial charge in [0.1, 0.15) is 11.6 Å². The molecule has 0 unspecified atom stereocenters. The predicted molar refractivity (Wildman–Crippen MR) is 104 cm³/mol. The van der Waals surface area contributed by atoms with Gasteiger partial charge in [-0.1, -0.05) is 45.4 Å². The molecule has 3 aliphatic rings. The molecule has 1 aromatic rings. The van der Waals surface area contributed by atoms with E-state index in [4.69, 9.17) is 10.5 Å². The van der Waals surface area contributed by atoms with Crippen LogP contribution in [0.4, 0.5) is 4.39 Å². The van der Waals surface area contributed by atoms with Gasteiger partial charge in [-0.15, -0.1) is 0 Å². The van der Waals surface area contributed by atoms with Crippen molar-refractivity contribution in [3.05, 3.63) is 29.1 Å². The fourth-order valence-electron chi connectivity index (χ4n) is 5.67. The van der Waals surface area contributed by atoms with Gasteiger partial charge in [-0.25, -0.2) is 4.39 Å². The lowest BCUT2D eigenvalue weighted by Gasteiger charge is -2.47. The number of hydrogen-bond donors (Lipinski definition) is 1. The fraction of sp³-hybridized carbons (Fsp3) is 0.696. The van der Waals surface area contributed by atoms with Crippen molar-refractivity contribution in [2.24, 2.45) is 17.6 Å². The summed E-state index contributed by atoms with van der Waals surface area (Å²) in [6.45, 7) is 2.18. The summed E-state index contributed by atoms with van der Waals surface area (Å²) in [4.78, 5) is 12.5. The predicted octanol–water partition coefficient (Wildman–Crippen LogP) is 5.03. The number of fused-ring (bicyclic) bond motifs is 4. The van der Waals surface area contributed by atoms with Gasteiger partial charge < -0.3 is 10.5 Å². The summed E-state index contributed by atoms with van der Waals surface area (Å²) in [6, 6.07) is 3.37. The van der Waals surface area contributed by atoms with Crippen molar-refractivity contribution in [1.29, 1.82) is 0 Å². The first-order chi connectivity index (χ1) is 13.0. The first-order valence-corrected chi connectivity index (χ1v) is 10.8. The molecule has 1 aromatic carbocycles. The summed E-state index contributed by atoms with van der Waals surface area (Å²) in [5.74, 6) is 0.225. The number of carbonyl (C=O) groups is 1. The van der Waals surface area contributed by atoms with Crippen LogP contribution in [0.1, 0.15) is 82.3 Å². The molecule has 2 saturated carbocycles. The summed E-state index contributed by atoms with van der Waals surface area (Å²) in [5.41, 5.74) is 8.21. The second kappa shape index (κ2) is 7.54. The van der Waals surface area contributed by atoms with Gasteiger partial charge >= 0.3 is 5.97 Å². The molecular formula is C23H32FNO2. The zero-order valence-electron chi connectivity index (χ0n) is 16.4. The molecular weight excluding hydrogens is 341 g/mol. The summed E-state index contributed by atoms with van der Waals surface area (Å²) in [6.07, 6.45) is 11.4. The Labute approximate surface area is 161 Å². The van der Waals surface area contributed by atoms with Gasteiger partial charge in [-0.05, 0) is 55.2 Å². The molecule has 2 N–H and O–H groups in total. The van der Waals surface area contributed by atoms with Gasteiger partial charge in [-0.2, -0.15) is 0 Å². The maximum absolute atomic E-state index is 15.0. The van der Waals surface area contributed by atoms with Gasteiger partial charge in [0, 0.05) is 17.5 Å². The highest BCUT2D eigenvalue weighted by Gasteiger charge is 2.45. The maximum Gasteiger partial charge on any atom is 0.314 e. The molecule has 2 fully saturated rings. The molecule has 0 spiro atoms. The van der Waals surface area contributed by atoms with Crippen molar-refractivity contribution in [1.82, 2.24) is 0 Å². The van der Waals surface area contributed by atoms with E-state index >= 15 is 4.39 Å². The third kappa shape index (κ3) is 3.53. The minimum absolute atomic E-state index is 0.0361. The normalized spacial score (nSPS) is 31.5. The van der Waals surface area contributed by atoms with Crippen LogP contribution >= 0.6 is 0 Å². The molecule has 0 heterocycles. The molecule has 0 radical (unpaired) electrons. The van der Waals surface area contributed by atoms with E-state index in [1.807, 2.05) is 6.07 Å². The van der Waals surface area contributed by atoms with Crippen molar-refractivity contribution in [3.63, 3.8) is 0 Å². The van der Waals surface area contributed by atoms with Crippen LogP contribution in [0.5, 0.6) is 5.75 Å². The van der Waals surface area contributed by atoms with E-state index in [2.05, 4.69) is 6.92 Å². The first kappa shape index (κ1) is 18.9. The molecule has 0 aliphatic heterocycles. The number of ether oxygens (including phenoxy) is 1. The third-order valence-electron chi connectivity index (χ3n) is 7.42. The number of esters is 1. The number of nitrogens with two attached hydrogens (primary N) is 1. The molecule has 0 aromatic heterocycles. The largest absolute Gasteiger partial charge is 0.426 e. The monoisotopic (exact) mass is 373 g/mol.